The van der Waals surface area contributed by atoms with E-state index >= 15 is 0 Å². The van der Waals surface area contributed by atoms with Gasteiger partial charge in [-0.1, -0.05) is 46.5 Å². The standard InChI is InChI=1S/C12H21NO/c1-4-5-6-7-8-12(2,3)11-9-13-10-14-11/h9-10H,4-8H2,1-3H3. The topological polar surface area (TPSA) is 26.0 Å². The third-order valence-corrected chi connectivity index (χ3v) is 2.75. The van der Waals surface area contributed by atoms with Crippen LogP contribution in [0.2, 0.25) is 0 Å². The van der Waals surface area contributed by atoms with Crippen molar-refractivity contribution in [2.24, 2.45) is 0 Å². The third kappa shape index (κ3) is 3.17. The lowest BCUT2D eigenvalue weighted by Crippen LogP contribution is -2.15. The lowest BCUT2D eigenvalue weighted by atomic mass is 9.85. The molecule has 0 atom stereocenters. The summed E-state index contributed by atoms with van der Waals surface area (Å²) in [5.74, 6) is 1.01. The Bertz CT molecular complexity index is 239. The van der Waals surface area contributed by atoms with Crippen molar-refractivity contribution in [1.82, 2.24) is 4.98 Å². The van der Waals surface area contributed by atoms with Gasteiger partial charge in [-0.2, -0.15) is 0 Å². The van der Waals surface area contributed by atoms with Crippen LogP contribution in [0.4, 0.5) is 0 Å². The van der Waals surface area contributed by atoms with Crippen LogP contribution in [-0.4, -0.2) is 4.98 Å². The summed E-state index contributed by atoms with van der Waals surface area (Å²) in [5, 5.41) is 0. The molecule has 0 spiro atoms. The van der Waals surface area contributed by atoms with E-state index in [-0.39, 0.29) is 5.41 Å². The van der Waals surface area contributed by atoms with E-state index < -0.39 is 0 Å². The SMILES string of the molecule is CCCCCCC(C)(C)c1cnco1. The van der Waals surface area contributed by atoms with Gasteiger partial charge in [-0.15, -0.1) is 0 Å². The lowest BCUT2D eigenvalue weighted by Gasteiger charge is -2.21. The quantitative estimate of drug-likeness (QED) is 0.643. The summed E-state index contributed by atoms with van der Waals surface area (Å²) in [4.78, 5) is 3.97. The highest BCUT2D eigenvalue weighted by Crippen LogP contribution is 2.28. The Morgan fingerprint density at radius 3 is 2.64 bits per heavy atom. The van der Waals surface area contributed by atoms with Crippen LogP contribution in [0.5, 0.6) is 0 Å². The Morgan fingerprint density at radius 1 is 1.29 bits per heavy atom. The van der Waals surface area contributed by atoms with Crippen LogP contribution < -0.4 is 0 Å². The second-order valence-corrected chi connectivity index (χ2v) is 4.56. The van der Waals surface area contributed by atoms with Crippen molar-refractivity contribution in [3.8, 4) is 0 Å². The van der Waals surface area contributed by atoms with Crippen LogP contribution in [0, 0.1) is 0 Å². The van der Waals surface area contributed by atoms with E-state index in [1.807, 2.05) is 6.20 Å². The maximum atomic E-state index is 5.34. The highest BCUT2D eigenvalue weighted by molar-refractivity contribution is 5.05. The molecule has 0 fully saturated rings. The van der Waals surface area contributed by atoms with E-state index in [0.29, 0.717) is 0 Å². The molecule has 0 aliphatic carbocycles. The molecule has 0 saturated heterocycles. The molecular weight excluding hydrogens is 174 g/mol. The molecule has 0 aromatic carbocycles. The fourth-order valence-electron chi connectivity index (χ4n) is 1.67. The van der Waals surface area contributed by atoms with Crippen molar-refractivity contribution in [3.05, 3.63) is 18.4 Å². The summed E-state index contributed by atoms with van der Waals surface area (Å²) in [6, 6.07) is 0. The first kappa shape index (κ1) is 11.3. The fourth-order valence-corrected chi connectivity index (χ4v) is 1.67. The molecule has 0 saturated carbocycles. The van der Waals surface area contributed by atoms with Gasteiger partial charge >= 0.3 is 0 Å². The molecule has 0 aliphatic heterocycles. The van der Waals surface area contributed by atoms with E-state index in [2.05, 4.69) is 25.8 Å². The second kappa shape index (κ2) is 5.18. The molecule has 2 nitrogen and oxygen atoms in total. The van der Waals surface area contributed by atoms with Gasteiger partial charge in [-0.25, -0.2) is 4.98 Å². The predicted molar refractivity (Wildman–Crippen MR) is 58.3 cm³/mol. The maximum absolute atomic E-state index is 5.34. The molecule has 2 heteroatoms. The van der Waals surface area contributed by atoms with Gasteiger partial charge in [0.15, 0.2) is 6.39 Å². The van der Waals surface area contributed by atoms with Gasteiger partial charge in [-0.05, 0) is 6.42 Å². The first-order valence-corrected chi connectivity index (χ1v) is 5.56. The van der Waals surface area contributed by atoms with Crippen LogP contribution in [0.25, 0.3) is 0 Å². The normalized spacial score (nSPS) is 11.9. The zero-order valence-electron chi connectivity index (χ0n) is 9.55. The highest BCUT2D eigenvalue weighted by atomic mass is 16.3. The third-order valence-electron chi connectivity index (χ3n) is 2.75. The molecular formula is C12H21NO. The van der Waals surface area contributed by atoms with Gasteiger partial charge in [0.25, 0.3) is 0 Å². The van der Waals surface area contributed by atoms with Crippen molar-refractivity contribution >= 4 is 0 Å². The van der Waals surface area contributed by atoms with Crippen molar-refractivity contribution in [2.75, 3.05) is 0 Å². The lowest BCUT2D eigenvalue weighted by molar-refractivity contribution is 0.351. The summed E-state index contributed by atoms with van der Waals surface area (Å²) >= 11 is 0. The van der Waals surface area contributed by atoms with Gasteiger partial charge in [0, 0.05) is 5.41 Å². The molecule has 1 aromatic heterocycles. The molecule has 0 aliphatic rings. The second-order valence-electron chi connectivity index (χ2n) is 4.56. The minimum absolute atomic E-state index is 0.143. The first-order valence-electron chi connectivity index (χ1n) is 5.56. The molecule has 1 rings (SSSR count). The molecule has 14 heavy (non-hydrogen) atoms. The molecule has 0 unspecified atom stereocenters. The Kier molecular flexibility index (Phi) is 4.18. The van der Waals surface area contributed by atoms with Crippen molar-refractivity contribution in [1.29, 1.82) is 0 Å². The average Bonchev–Trinajstić information content (AvgIpc) is 2.65. The van der Waals surface area contributed by atoms with Gasteiger partial charge < -0.3 is 4.42 Å². The molecule has 80 valence electrons. The highest BCUT2D eigenvalue weighted by Gasteiger charge is 2.23. The monoisotopic (exact) mass is 195 g/mol. The van der Waals surface area contributed by atoms with Crippen LogP contribution in [0.1, 0.15) is 58.6 Å². The Hall–Kier alpha value is -0.790. The van der Waals surface area contributed by atoms with E-state index in [4.69, 9.17) is 4.42 Å². The van der Waals surface area contributed by atoms with Crippen LogP contribution in [0.15, 0.2) is 17.0 Å². The largest absolute Gasteiger partial charge is 0.448 e. The van der Waals surface area contributed by atoms with E-state index in [9.17, 15) is 0 Å². The first-order chi connectivity index (χ1) is 6.67. The molecule has 1 heterocycles. The Balaban J connectivity index is 2.35. The van der Waals surface area contributed by atoms with Crippen LogP contribution in [-0.2, 0) is 5.41 Å². The number of rotatable bonds is 6. The van der Waals surface area contributed by atoms with Gasteiger partial charge in [0.2, 0.25) is 0 Å². The van der Waals surface area contributed by atoms with E-state index in [1.54, 1.807) is 0 Å². The number of oxazole rings is 1. The number of hydrogen-bond acceptors (Lipinski definition) is 2. The Morgan fingerprint density at radius 2 is 2.07 bits per heavy atom. The summed E-state index contributed by atoms with van der Waals surface area (Å²) in [6.45, 7) is 6.68. The minimum atomic E-state index is 0.143. The van der Waals surface area contributed by atoms with Crippen LogP contribution >= 0.6 is 0 Å². The molecule has 0 radical (unpaired) electrons. The molecule has 1 aromatic rings. The number of aromatic nitrogens is 1. The smallest absolute Gasteiger partial charge is 0.180 e. The zero-order valence-corrected chi connectivity index (χ0v) is 9.55. The molecule has 0 N–H and O–H groups in total. The van der Waals surface area contributed by atoms with Crippen LogP contribution in [0.3, 0.4) is 0 Å². The number of unbranched alkanes of at least 4 members (excludes halogenated alkanes) is 3. The van der Waals surface area contributed by atoms with Crippen molar-refractivity contribution in [2.45, 2.75) is 58.3 Å². The zero-order chi connectivity index (χ0) is 10.4. The molecule has 0 amide bonds. The molecule has 0 bridgehead atoms. The summed E-state index contributed by atoms with van der Waals surface area (Å²) in [5.41, 5.74) is 0.143. The van der Waals surface area contributed by atoms with Gasteiger partial charge in [0.1, 0.15) is 5.76 Å². The van der Waals surface area contributed by atoms with E-state index in [0.717, 1.165) is 5.76 Å². The summed E-state index contributed by atoms with van der Waals surface area (Å²) in [7, 11) is 0. The minimum Gasteiger partial charge on any atom is -0.448 e. The summed E-state index contributed by atoms with van der Waals surface area (Å²) < 4.78 is 5.34. The number of nitrogens with zero attached hydrogens (tertiary/aromatic N) is 1. The fraction of sp³-hybridized carbons (Fsp3) is 0.750. The van der Waals surface area contributed by atoms with Gasteiger partial charge in [-0.3, -0.25) is 0 Å². The number of hydrogen-bond donors (Lipinski definition) is 0. The van der Waals surface area contributed by atoms with Crippen molar-refractivity contribution < 1.29 is 4.42 Å². The average molecular weight is 195 g/mol. The van der Waals surface area contributed by atoms with Gasteiger partial charge in [0.05, 0.1) is 6.20 Å². The summed E-state index contributed by atoms with van der Waals surface area (Å²) in [6.07, 6.45) is 9.77. The van der Waals surface area contributed by atoms with Crippen molar-refractivity contribution in [3.63, 3.8) is 0 Å². The Labute approximate surface area is 86.7 Å². The predicted octanol–water partition coefficient (Wildman–Crippen LogP) is 3.92. The van der Waals surface area contributed by atoms with E-state index in [1.165, 1.54) is 38.5 Å². The maximum Gasteiger partial charge on any atom is 0.180 e.